The molecule has 5 aromatic rings. The first-order chi connectivity index (χ1) is 15.7. The van der Waals surface area contributed by atoms with E-state index < -0.39 is 0 Å². The van der Waals surface area contributed by atoms with Crippen molar-refractivity contribution in [3.8, 4) is 39.5 Å². The minimum absolute atomic E-state index is 0.645. The molecule has 5 heteroatoms. The van der Waals surface area contributed by atoms with Crippen LogP contribution < -0.4 is 4.74 Å². The highest BCUT2D eigenvalue weighted by molar-refractivity contribution is 7.98. The van der Waals surface area contributed by atoms with Gasteiger partial charge in [0.2, 0.25) is 0 Å². The van der Waals surface area contributed by atoms with Crippen molar-refractivity contribution in [2.45, 2.75) is 4.90 Å². The van der Waals surface area contributed by atoms with Crippen molar-refractivity contribution in [1.82, 2.24) is 15.0 Å². The summed E-state index contributed by atoms with van der Waals surface area (Å²) in [7, 11) is 1.66. The molecule has 0 bridgehead atoms. The van der Waals surface area contributed by atoms with Crippen LogP contribution in [-0.2, 0) is 0 Å². The van der Waals surface area contributed by atoms with Gasteiger partial charge in [0.25, 0.3) is 0 Å². The molecule has 0 aliphatic heterocycles. The molecular formula is C27H21N3OS. The molecule has 2 heterocycles. The van der Waals surface area contributed by atoms with Gasteiger partial charge in [-0.3, -0.25) is 4.98 Å². The second-order valence-electron chi connectivity index (χ2n) is 7.31. The lowest BCUT2D eigenvalue weighted by atomic mass is 10.0. The number of nitrogens with zero attached hydrogens (tertiary/aromatic N) is 3. The molecule has 0 unspecified atom stereocenters. The van der Waals surface area contributed by atoms with E-state index in [1.54, 1.807) is 18.9 Å². The molecule has 0 aliphatic carbocycles. The highest BCUT2D eigenvalue weighted by Crippen LogP contribution is 2.31. The Balaban J connectivity index is 1.71. The zero-order valence-corrected chi connectivity index (χ0v) is 18.6. The van der Waals surface area contributed by atoms with E-state index in [1.165, 1.54) is 4.90 Å². The van der Waals surface area contributed by atoms with Crippen LogP contribution in [0.25, 0.3) is 44.8 Å². The van der Waals surface area contributed by atoms with Gasteiger partial charge < -0.3 is 4.74 Å². The highest BCUT2D eigenvalue weighted by atomic mass is 32.2. The fourth-order valence-electron chi connectivity index (χ4n) is 3.65. The van der Waals surface area contributed by atoms with Crippen LogP contribution in [0.3, 0.4) is 0 Å². The monoisotopic (exact) mass is 435 g/mol. The average molecular weight is 436 g/mol. The second-order valence-corrected chi connectivity index (χ2v) is 8.19. The van der Waals surface area contributed by atoms with Crippen molar-refractivity contribution < 1.29 is 4.74 Å². The van der Waals surface area contributed by atoms with E-state index in [0.29, 0.717) is 5.82 Å². The van der Waals surface area contributed by atoms with Gasteiger partial charge in [-0.05, 0) is 42.2 Å². The Hall–Kier alpha value is -3.70. The van der Waals surface area contributed by atoms with Crippen LogP contribution in [0.1, 0.15) is 0 Å². The minimum atomic E-state index is 0.645. The number of fused-ring (bicyclic) bond motifs is 1. The van der Waals surface area contributed by atoms with Crippen LogP contribution in [-0.4, -0.2) is 28.3 Å². The second kappa shape index (κ2) is 8.81. The van der Waals surface area contributed by atoms with Crippen LogP contribution in [0.2, 0.25) is 0 Å². The first kappa shape index (κ1) is 20.2. The van der Waals surface area contributed by atoms with E-state index in [9.17, 15) is 0 Å². The van der Waals surface area contributed by atoms with Crippen LogP contribution in [0.15, 0.2) is 96.0 Å². The number of methoxy groups -OCH3 is 1. The maximum atomic E-state index is 5.40. The summed E-state index contributed by atoms with van der Waals surface area (Å²) in [6.07, 6.45) is 3.98. The normalized spacial score (nSPS) is 10.9. The predicted octanol–water partition coefficient (Wildman–Crippen LogP) is 6.76. The number of rotatable bonds is 5. The molecule has 0 N–H and O–H groups in total. The summed E-state index contributed by atoms with van der Waals surface area (Å²) in [5.74, 6) is 1.42. The molecule has 2 aromatic heterocycles. The molecule has 3 aromatic carbocycles. The number of thioether (sulfide) groups is 1. The topological polar surface area (TPSA) is 47.9 Å². The van der Waals surface area contributed by atoms with Gasteiger partial charge in [0.15, 0.2) is 5.82 Å². The lowest BCUT2D eigenvalue weighted by Gasteiger charge is -2.11. The number of hydrogen-bond donors (Lipinski definition) is 0. The number of benzene rings is 3. The zero-order chi connectivity index (χ0) is 21.9. The standard InChI is InChI=1S/C27H21N3OS/c1-31-22-10-6-9-20(15-22)27-29-24-16-21(18-11-13-23(32-2)14-12-18)17-28-26(24)25(30-27)19-7-4-3-5-8-19/h3-17H,1-2H3. The smallest absolute Gasteiger partial charge is 0.160 e. The van der Waals surface area contributed by atoms with Crippen LogP contribution >= 0.6 is 11.8 Å². The van der Waals surface area contributed by atoms with Gasteiger partial charge in [-0.15, -0.1) is 11.8 Å². The number of aromatic nitrogens is 3. The largest absolute Gasteiger partial charge is 0.497 e. The molecule has 0 amide bonds. The third kappa shape index (κ3) is 3.95. The summed E-state index contributed by atoms with van der Waals surface area (Å²) >= 11 is 1.73. The van der Waals surface area contributed by atoms with Gasteiger partial charge >= 0.3 is 0 Å². The molecule has 0 fully saturated rings. The molecular weight excluding hydrogens is 414 g/mol. The molecule has 0 saturated heterocycles. The summed E-state index contributed by atoms with van der Waals surface area (Å²) in [6.45, 7) is 0. The van der Waals surface area contributed by atoms with Crippen molar-refractivity contribution >= 4 is 22.8 Å². The zero-order valence-electron chi connectivity index (χ0n) is 17.8. The van der Waals surface area contributed by atoms with E-state index in [4.69, 9.17) is 19.7 Å². The predicted molar refractivity (Wildman–Crippen MR) is 132 cm³/mol. The molecule has 0 radical (unpaired) electrons. The Morgan fingerprint density at radius 2 is 1.50 bits per heavy atom. The number of hydrogen-bond acceptors (Lipinski definition) is 5. The van der Waals surface area contributed by atoms with E-state index in [-0.39, 0.29) is 0 Å². The Kier molecular flexibility index (Phi) is 5.57. The van der Waals surface area contributed by atoms with Crippen molar-refractivity contribution in [3.63, 3.8) is 0 Å². The van der Waals surface area contributed by atoms with Crippen LogP contribution in [0.4, 0.5) is 0 Å². The van der Waals surface area contributed by atoms with Crippen molar-refractivity contribution in [2.24, 2.45) is 0 Å². The van der Waals surface area contributed by atoms with Crippen molar-refractivity contribution in [2.75, 3.05) is 13.4 Å². The summed E-state index contributed by atoms with van der Waals surface area (Å²) in [6, 6.07) is 28.5. The molecule has 0 spiro atoms. The van der Waals surface area contributed by atoms with Crippen LogP contribution in [0, 0.1) is 0 Å². The quantitative estimate of drug-likeness (QED) is 0.286. The molecule has 5 rings (SSSR count). The maximum Gasteiger partial charge on any atom is 0.160 e. The van der Waals surface area contributed by atoms with Gasteiger partial charge in [-0.25, -0.2) is 9.97 Å². The van der Waals surface area contributed by atoms with Gasteiger partial charge in [0.1, 0.15) is 17.0 Å². The van der Waals surface area contributed by atoms with E-state index in [2.05, 4.69) is 36.6 Å². The molecule has 32 heavy (non-hydrogen) atoms. The molecule has 156 valence electrons. The lowest BCUT2D eigenvalue weighted by Crippen LogP contribution is -1.97. The summed E-state index contributed by atoms with van der Waals surface area (Å²) in [5, 5.41) is 0. The molecule has 0 atom stereocenters. The fraction of sp³-hybridized carbons (Fsp3) is 0.0741. The Labute approximate surface area is 191 Å². The molecule has 0 saturated carbocycles. The molecule has 4 nitrogen and oxygen atoms in total. The van der Waals surface area contributed by atoms with E-state index in [0.717, 1.165) is 44.7 Å². The van der Waals surface area contributed by atoms with Crippen molar-refractivity contribution in [3.05, 3.63) is 91.1 Å². The van der Waals surface area contributed by atoms with Crippen molar-refractivity contribution in [1.29, 1.82) is 0 Å². The Morgan fingerprint density at radius 3 is 2.25 bits per heavy atom. The lowest BCUT2D eigenvalue weighted by molar-refractivity contribution is 0.415. The summed E-state index contributed by atoms with van der Waals surface area (Å²) < 4.78 is 5.40. The maximum absolute atomic E-state index is 5.40. The Bertz CT molecular complexity index is 1390. The summed E-state index contributed by atoms with van der Waals surface area (Å²) in [4.78, 5) is 15.8. The minimum Gasteiger partial charge on any atom is -0.497 e. The van der Waals surface area contributed by atoms with Crippen LogP contribution in [0.5, 0.6) is 5.75 Å². The highest BCUT2D eigenvalue weighted by Gasteiger charge is 2.14. The van der Waals surface area contributed by atoms with Gasteiger partial charge in [0.05, 0.1) is 12.6 Å². The first-order valence-electron chi connectivity index (χ1n) is 10.3. The number of ether oxygens (including phenoxy) is 1. The van der Waals surface area contributed by atoms with E-state index in [1.807, 2.05) is 60.8 Å². The summed E-state index contributed by atoms with van der Waals surface area (Å²) in [5.41, 5.74) is 6.46. The van der Waals surface area contributed by atoms with Gasteiger partial charge in [-0.1, -0.05) is 54.6 Å². The number of pyridine rings is 1. The Morgan fingerprint density at radius 1 is 0.719 bits per heavy atom. The first-order valence-corrected chi connectivity index (χ1v) is 11.5. The van der Waals surface area contributed by atoms with E-state index >= 15 is 0 Å². The van der Waals surface area contributed by atoms with Gasteiger partial charge in [0, 0.05) is 27.8 Å². The molecule has 0 aliphatic rings. The van der Waals surface area contributed by atoms with Gasteiger partial charge in [-0.2, -0.15) is 0 Å². The SMILES string of the molecule is COc1cccc(-c2nc(-c3ccccc3)c3ncc(-c4ccc(SC)cc4)cc3n2)c1. The fourth-order valence-corrected chi connectivity index (χ4v) is 4.06. The average Bonchev–Trinajstić information content (AvgIpc) is 2.88. The third-order valence-electron chi connectivity index (χ3n) is 5.33. The third-order valence-corrected chi connectivity index (χ3v) is 6.08.